The number of fused-ring (bicyclic) bond motifs is 3. The summed E-state index contributed by atoms with van der Waals surface area (Å²) in [6, 6.07) is 6.72. The summed E-state index contributed by atoms with van der Waals surface area (Å²) in [5.41, 5.74) is 3.03. The van der Waals surface area contributed by atoms with Gasteiger partial charge in [0.1, 0.15) is 0 Å². The largest absolute Gasteiger partial charge is 0.348 e. The molecule has 3 unspecified atom stereocenters. The van der Waals surface area contributed by atoms with Crippen LogP contribution in [0.5, 0.6) is 0 Å². The van der Waals surface area contributed by atoms with Crippen LogP contribution in [-0.4, -0.2) is 28.9 Å². The maximum atomic E-state index is 12.4. The molecule has 104 valence electrons. The Morgan fingerprint density at radius 2 is 2.30 bits per heavy atom. The van der Waals surface area contributed by atoms with Gasteiger partial charge in [0.25, 0.3) is 5.91 Å². The first-order chi connectivity index (χ1) is 9.69. The van der Waals surface area contributed by atoms with Gasteiger partial charge in [-0.2, -0.15) is 0 Å². The zero-order valence-corrected chi connectivity index (χ0v) is 11.6. The van der Waals surface area contributed by atoms with Crippen molar-refractivity contribution in [3.8, 4) is 0 Å². The van der Waals surface area contributed by atoms with Gasteiger partial charge in [0.05, 0.1) is 0 Å². The zero-order chi connectivity index (χ0) is 13.7. The van der Waals surface area contributed by atoms with Gasteiger partial charge in [-0.05, 0) is 56.0 Å². The Balaban J connectivity index is 1.54. The van der Waals surface area contributed by atoms with Gasteiger partial charge < -0.3 is 15.0 Å². The molecular weight excluding hydrogens is 250 g/mol. The average molecular weight is 269 g/mol. The van der Waals surface area contributed by atoms with Crippen molar-refractivity contribution in [2.75, 3.05) is 6.54 Å². The number of piperidine rings is 1. The fraction of sp³-hybridized carbons (Fsp3) is 0.438. The van der Waals surface area contributed by atoms with E-state index in [1.54, 1.807) is 0 Å². The van der Waals surface area contributed by atoms with Crippen LogP contribution in [0.4, 0.5) is 0 Å². The molecule has 1 amide bonds. The second kappa shape index (κ2) is 4.35. The number of nitrogens with zero attached hydrogens (tertiary/aromatic N) is 1. The summed E-state index contributed by atoms with van der Waals surface area (Å²) in [5.74, 6) is 0.798. The number of aryl methyl sites for hydroxylation is 1. The van der Waals surface area contributed by atoms with E-state index in [1.807, 2.05) is 22.7 Å². The van der Waals surface area contributed by atoms with Crippen LogP contribution >= 0.6 is 0 Å². The van der Waals surface area contributed by atoms with E-state index in [4.69, 9.17) is 0 Å². The third-order valence-electron chi connectivity index (χ3n) is 4.64. The Labute approximate surface area is 118 Å². The number of hydrogen-bond donors (Lipinski definition) is 2. The van der Waals surface area contributed by atoms with Crippen molar-refractivity contribution < 1.29 is 4.79 Å². The Morgan fingerprint density at radius 1 is 1.40 bits per heavy atom. The first-order valence-electron chi connectivity index (χ1n) is 7.31. The van der Waals surface area contributed by atoms with E-state index in [-0.39, 0.29) is 5.91 Å². The molecule has 4 rings (SSSR count). The van der Waals surface area contributed by atoms with E-state index in [2.05, 4.69) is 29.8 Å². The molecule has 1 aliphatic carbocycles. The lowest BCUT2D eigenvalue weighted by atomic mass is 10.1. The molecule has 2 fully saturated rings. The molecule has 0 spiro atoms. The summed E-state index contributed by atoms with van der Waals surface area (Å²) in [7, 11) is 0. The highest BCUT2D eigenvalue weighted by molar-refractivity contribution is 5.95. The summed E-state index contributed by atoms with van der Waals surface area (Å²) < 4.78 is 2.05. The van der Waals surface area contributed by atoms with Crippen molar-refractivity contribution >= 4 is 11.4 Å². The molecule has 2 N–H and O–H groups in total. The highest BCUT2D eigenvalue weighted by Crippen LogP contribution is 2.31. The van der Waals surface area contributed by atoms with E-state index in [9.17, 15) is 4.79 Å². The van der Waals surface area contributed by atoms with Gasteiger partial charge >= 0.3 is 0 Å². The molecule has 2 aliphatic rings. The summed E-state index contributed by atoms with van der Waals surface area (Å²) >= 11 is 0. The molecular formula is C16H19N3O. The molecule has 2 bridgehead atoms. The summed E-state index contributed by atoms with van der Waals surface area (Å²) in [5, 5.41) is 6.66. The van der Waals surface area contributed by atoms with Gasteiger partial charge in [0.15, 0.2) is 0 Å². The molecule has 4 nitrogen and oxygen atoms in total. The van der Waals surface area contributed by atoms with Crippen LogP contribution in [0.3, 0.4) is 0 Å². The predicted molar refractivity (Wildman–Crippen MR) is 77.9 cm³/mol. The van der Waals surface area contributed by atoms with E-state index >= 15 is 0 Å². The van der Waals surface area contributed by atoms with Crippen LogP contribution in [0, 0.1) is 12.8 Å². The van der Waals surface area contributed by atoms with Crippen molar-refractivity contribution in [1.29, 1.82) is 0 Å². The molecule has 1 saturated heterocycles. The van der Waals surface area contributed by atoms with Crippen LogP contribution in [0.2, 0.25) is 0 Å². The van der Waals surface area contributed by atoms with Gasteiger partial charge in [-0.1, -0.05) is 0 Å². The Bertz CT molecular complexity index is 675. The van der Waals surface area contributed by atoms with Crippen molar-refractivity contribution in [2.45, 2.75) is 31.8 Å². The lowest BCUT2D eigenvalue weighted by Gasteiger charge is -2.24. The minimum absolute atomic E-state index is 0.0469. The molecule has 3 atom stereocenters. The maximum Gasteiger partial charge on any atom is 0.251 e. The van der Waals surface area contributed by atoms with Crippen LogP contribution in [-0.2, 0) is 0 Å². The van der Waals surface area contributed by atoms with E-state index in [0.29, 0.717) is 12.1 Å². The van der Waals surface area contributed by atoms with E-state index in [0.717, 1.165) is 30.0 Å². The van der Waals surface area contributed by atoms with Crippen molar-refractivity contribution in [2.24, 2.45) is 5.92 Å². The minimum Gasteiger partial charge on any atom is -0.348 e. The highest BCUT2D eigenvalue weighted by Gasteiger charge is 2.39. The van der Waals surface area contributed by atoms with Crippen LogP contribution in [0.15, 0.2) is 30.6 Å². The number of carbonyl (C=O) groups is 1. The lowest BCUT2D eigenvalue weighted by Crippen LogP contribution is -2.47. The van der Waals surface area contributed by atoms with Gasteiger partial charge in [-0.15, -0.1) is 0 Å². The first kappa shape index (κ1) is 12.0. The third-order valence-corrected chi connectivity index (χ3v) is 4.64. The molecule has 0 radical (unpaired) electrons. The minimum atomic E-state index is 0.0469. The summed E-state index contributed by atoms with van der Waals surface area (Å²) in [6.07, 6.45) is 6.35. The second-order valence-corrected chi connectivity index (χ2v) is 6.20. The maximum absolute atomic E-state index is 12.4. The number of amides is 1. The monoisotopic (exact) mass is 269 g/mol. The number of nitrogens with one attached hydrogen (secondary N) is 2. The normalized spacial score (nSPS) is 28.1. The summed E-state index contributed by atoms with van der Waals surface area (Å²) in [4.78, 5) is 12.4. The van der Waals surface area contributed by atoms with Gasteiger partial charge in [-0.25, -0.2) is 0 Å². The van der Waals surface area contributed by atoms with Crippen LogP contribution in [0.25, 0.3) is 5.52 Å². The molecule has 2 aromatic rings. The summed E-state index contributed by atoms with van der Waals surface area (Å²) in [6.45, 7) is 3.18. The quantitative estimate of drug-likeness (QED) is 0.872. The van der Waals surface area contributed by atoms with E-state index in [1.165, 1.54) is 12.0 Å². The smallest absolute Gasteiger partial charge is 0.251 e. The number of pyridine rings is 1. The Kier molecular flexibility index (Phi) is 2.60. The lowest BCUT2D eigenvalue weighted by molar-refractivity contribution is 0.0928. The van der Waals surface area contributed by atoms with Crippen molar-refractivity contribution in [3.63, 3.8) is 0 Å². The van der Waals surface area contributed by atoms with Gasteiger partial charge in [0.2, 0.25) is 0 Å². The third kappa shape index (κ3) is 1.91. The molecule has 3 heterocycles. The first-order valence-corrected chi connectivity index (χ1v) is 7.31. The Morgan fingerprint density at radius 3 is 3.05 bits per heavy atom. The highest BCUT2D eigenvalue weighted by atomic mass is 16.1. The predicted octanol–water partition coefficient (Wildman–Crippen LogP) is 1.73. The molecule has 4 heteroatoms. The number of carbonyl (C=O) groups excluding carboxylic acids is 1. The standard InChI is InChI=1S/C16H19N3O/c1-10-4-13-7-12(2-3-19(13)9-10)16(20)18-15-6-11-5-14(15)17-8-11/h2-4,7,9,11,14-15,17H,5-6,8H2,1H3,(H,18,20). The van der Waals surface area contributed by atoms with Crippen LogP contribution in [0.1, 0.15) is 28.8 Å². The molecule has 1 aliphatic heterocycles. The van der Waals surface area contributed by atoms with Crippen LogP contribution < -0.4 is 10.6 Å². The van der Waals surface area contributed by atoms with Crippen molar-refractivity contribution in [1.82, 2.24) is 15.0 Å². The fourth-order valence-corrected chi connectivity index (χ4v) is 3.66. The zero-order valence-electron chi connectivity index (χ0n) is 11.6. The fourth-order valence-electron chi connectivity index (χ4n) is 3.66. The Hall–Kier alpha value is -1.81. The average Bonchev–Trinajstić information content (AvgIpc) is 3.10. The topological polar surface area (TPSA) is 45.5 Å². The van der Waals surface area contributed by atoms with Gasteiger partial charge in [-0.3, -0.25) is 4.79 Å². The molecule has 1 saturated carbocycles. The molecule has 20 heavy (non-hydrogen) atoms. The van der Waals surface area contributed by atoms with Gasteiger partial charge in [0, 0.05) is 35.6 Å². The SMILES string of the molecule is Cc1cc2cc(C(=O)NC3CC4CNC3C4)ccn2c1. The number of hydrogen-bond acceptors (Lipinski definition) is 2. The van der Waals surface area contributed by atoms with Crippen molar-refractivity contribution in [3.05, 3.63) is 41.7 Å². The number of aromatic nitrogens is 1. The van der Waals surface area contributed by atoms with E-state index < -0.39 is 0 Å². The molecule has 0 aromatic carbocycles. The second-order valence-electron chi connectivity index (χ2n) is 6.20. The molecule has 2 aromatic heterocycles. The number of rotatable bonds is 2.